The number of esters is 1. The van der Waals surface area contributed by atoms with E-state index >= 15 is 0 Å². The van der Waals surface area contributed by atoms with Crippen LogP contribution in [0.1, 0.15) is 41.9 Å². The van der Waals surface area contributed by atoms with Crippen molar-refractivity contribution in [2.45, 2.75) is 33.7 Å². The highest BCUT2D eigenvalue weighted by atomic mass is 16.5. The van der Waals surface area contributed by atoms with E-state index in [9.17, 15) is 9.59 Å². The molecule has 3 aromatic rings. The standard InChI is InChI=1S/C24H27N3O4/c1-4-14-31-19-12-10-18(11-13-19)24(29)26-25-15-21-17(3)27(16-23(28)30-5-2)22-9-7-6-8-20(21)22/h6-13,15H,4-5,14,16H2,1-3H3,(H,26,29)/b25-15-. The average Bonchev–Trinajstić information content (AvgIpc) is 3.04. The minimum atomic E-state index is -0.314. The minimum absolute atomic E-state index is 0.118. The van der Waals surface area contributed by atoms with Gasteiger partial charge in [-0.25, -0.2) is 5.43 Å². The van der Waals surface area contributed by atoms with Gasteiger partial charge in [0, 0.05) is 27.7 Å². The van der Waals surface area contributed by atoms with Crippen LogP contribution >= 0.6 is 0 Å². The normalized spacial score (nSPS) is 11.1. The number of amides is 1. The van der Waals surface area contributed by atoms with E-state index in [4.69, 9.17) is 9.47 Å². The predicted molar refractivity (Wildman–Crippen MR) is 121 cm³/mol. The molecule has 0 spiro atoms. The van der Waals surface area contributed by atoms with Crippen LogP contribution in [-0.2, 0) is 16.1 Å². The lowest BCUT2D eigenvalue weighted by Crippen LogP contribution is -2.17. The molecule has 0 aliphatic heterocycles. The van der Waals surface area contributed by atoms with Gasteiger partial charge >= 0.3 is 5.97 Å². The number of hydrazone groups is 1. The summed E-state index contributed by atoms with van der Waals surface area (Å²) >= 11 is 0. The number of hydrogen-bond acceptors (Lipinski definition) is 5. The van der Waals surface area contributed by atoms with E-state index in [0.717, 1.165) is 34.3 Å². The summed E-state index contributed by atoms with van der Waals surface area (Å²) < 4.78 is 12.5. The maximum Gasteiger partial charge on any atom is 0.325 e. The highest BCUT2D eigenvalue weighted by Crippen LogP contribution is 2.24. The molecule has 1 amide bonds. The van der Waals surface area contributed by atoms with Crippen molar-refractivity contribution in [3.05, 3.63) is 65.4 Å². The maximum atomic E-state index is 12.4. The Bertz CT molecular complexity index is 1080. The molecule has 162 valence electrons. The van der Waals surface area contributed by atoms with Crippen LogP contribution in [0.2, 0.25) is 0 Å². The molecule has 31 heavy (non-hydrogen) atoms. The number of aromatic nitrogens is 1. The van der Waals surface area contributed by atoms with Crippen LogP contribution in [-0.4, -0.2) is 35.9 Å². The average molecular weight is 421 g/mol. The van der Waals surface area contributed by atoms with E-state index in [1.165, 1.54) is 0 Å². The number of nitrogens with one attached hydrogen (secondary N) is 1. The van der Waals surface area contributed by atoms with E-state index in [2.05, 4.69) is 10.5 Å². The molecule has 7 nitrogen and oxygen atoms in total. The van der Waals surface area contributed by atoms with Gasteiger partial charge in [0.05, 0.1) is 19.4 Å². The number of hydrogen-bond donors (Lipinski definition) is 1. The lowest BCUT2D eigenvalue weighted by molar-refractivity contribution is -0.143. The molecule has 1 N–H and O–H groups in total. The Morgan fingerprint density at radius 1 is 1.10 bits per heavy atom. The molecule has 0 atom stereocenters. The van der Waals surface area contributed by atoms with Gasteiger partial charge in [0.15, 0.2) is 0 Å². The highest BCUT2D eigenvalue weighted by molar-refractivity contribution is 6.02. The Hall–Kier alpha value is -3.61. The van der Waals surface area contributed by atoms with E-state index in [1.807, 2.05) is 42.7 Å². The molecule has 1 aromatic heterocycles. The summed E-state index contributed by atoms with van der Waals surface area (Å²) in [7, 11) is 0. The summed E-state index contributed by atoms with van der Waals surface area (Å²) in [6, 6.07) is 14.7. The summed E-state index contributed by atoms with van der Waals surface area (Å²) in [4.78, 5) is 24.4. The molecule has 2 aromatic carbocycles. The van der Waals surface area contributed by atoms with Gasteiger partial charge in [-0.15, -0.1) is 0 Å². The zero-order chi connectivity index (χ0) is 22.2. The molecule has 0 aliphatic carbocycles. The summed E-state index contributed by atoms with van der Waals surface area (Å²) in [5.74, 6) is 0.118. The summed E-state index contributed by atoms with van der Waals surface area (Å²) in [5, 5.41) is 5.09. The van der Waals surface area contributed by atoms with Gasteiger partial charge in [0.2, 0.25) is 0 Å². The lowest BCUT2D eigenvalue weighted by Gasteiger charge is -2.07. The molecule has 0 bridgehead atoms. The number of ether oxygens (including phenoxy) is 2. The molecule has 0 saturated heterocycles. The number of fused-ring (bicyclic) bond motifs is 1. The molecule has 0 aliphatic rings. The Kier molecular flexibility index (Phi) is 7.43. The first kappa shape index (κ1) is 22.1. The van der Waals surface area contributed by atoms with Gasteiger partial charge in [-0.3, -0.25) is 9.59 Å². The zero-order valence-electron chi connectivity index (χ0n) is 18.1. The van der Waals surface area contributed by atoms with Crippen LogP contribution in [0.5, 0.6) is 5.75 Å². The first-order valence-electron chi connectivity index (χ1n) is 10.3. The van der Waals surface area contributed by atoms with Gasteiger partial charge < -0.3 is 14.0 Å². The number of para-hydroxylation sites is 1. The SMILES string of the molecule is CCCOc1ccc(C(=O)N/N=C\c2c(C)n(CC(=O)OCC)c3ccccc23)cc1. The molecular formula is C24H27N3O4. The number of carbonyl (C=O) groups excluding carboxylic acids is 2. The Labute approximate surface area is 181 Å². The second kappa shape index (κ2) is 10.4. The molecule has 3 rings (SSSR count). The van der Waals surface area contributed by atoms with Crippen molar-refractivity contribution >= 4 is 29.0 Å². The van der Waals surface area contributed by atoms with E-state index < -0.39 is 0 Å². The Morgan fingerprint density at radius 3 is 2.55 bits per heavy atom. The third kappa shape index (κ3) is 5.31. The van der Waals surface area contributed by atoms with Crippen molar-refractivity contribution < 1.29 is 19.1 Å². The first-order chi connectivity index (χ1) is 15.0. The van der Waals surface area contributed by atoms with Crippen LogP contribution in [0.15, 0.2) is 53.6 Å². The van der Waals surface area contributed by atoms with Crippen molar-refractivity contribution in [2.24, 2.45) is 5.10 Å². The molecule has 1 heterocycles. The lowest BCUT2D eigenvalue weighted by atomic mass is 10.1. The van der Waals surface area contributed by atoms with Gasteiger partial charge in [0.1, 0.15) is 12.3 Å². The van der Waals surface area contributed by atoms with Crippen LogP contribution in [0.25, 0.3) is 10.9 Å². The third-order valence-corrected chi connectivity index (χ3v) is 4.82. The monoisotopic (exact) mass is 421 g/mol. The van der Waals surface area contributed by atoms with Crippen LogP contribution in [0.3, 0.4) is 0 Å². The number of rotatable bonds is 9. The second-order valence-electron chi connectivity index (χ2n) is 6.98. The second-order valence-corrected chi connectivity index (χ2v) is 6.98. The fourth-order valence-electron chi connectivity index (χ4n) is 3.30. The topological polar surface area (TPSA) is 81.9 Å². The minimum Gasteiger partial charge on any atom is -0.494 e. The number of nitrogens with zero attached hydrogens (tertiary/aromatic N) is 2. The van der Waals surface area contributed by atoms with Crippen molar-refractivity contribution in [2.75, 3.05) is 13.2 Å². The molecule has 7 heteroatoms. The summed E-state index contributed by atoms with van der Waals surface area (Å²) in [5.41, 5.74) is 5.66. The summed E-state index contributed by atoms with van der Waals surface area (Å²) in [6.07, 6.45) is 2.53. The van der Waals surface area contributed by atoms with E-state index in [0.29, 0.717) is 18.8 Å². The first-order valence-corrected chi connectivity index (χ1v) is 10.3. The van der Waals surface area contributed by atoms with Crippen molar-refractivity contribution in [1.29, 1.82) is 0 Å². The predicted octanol–water partition coefficient (Wildman–Crippen LogP) is 4.07. The van der Waals surface area contributed by atoms with Gasteiger partial charge in [-0.2, -0.15) is 5.10 Å². The molecular weight excluding hydrogens is 394 g/mol. The molecule has 0 unspecified atom stereocenters. The van der Waals surface area contributed by atoms with E-state index in [1.54, 1.807) is 37.4 Å². The Morgan fingerprint density at radius 2 is 1.84 bits per heavy atom. The highest BCUT2D eigenvalue weighted by Gasteiger charge is 2.15. The van der Waals surface area contributed by atoms with Crippen molar-refractivity contribution in [1.82, 2.24) is 9.99 Å². The van der Waals surface area contributed by atoms with Gasteiger partial charge in [-0.1, -0.05) is 25.1 Å². The van der Waals surface area contributed by atoms with Gasteiger partial charge in [0.25, 0.3) is 5.91 Å². The smallest absolute Gasteiger partial charge is 0.325 e. The number of carbonyl (C=O) groups is 2. The van der Waals surface area contributed by atoms with Crippen molar-refractivity contribution in [3.63, 3.8) is 0 Å². The third-order valence-electron chi connectivity index (χ3n) is 4.82. The molecule has 0 saturated carbocycles. The fraction of sp³-hybridized carbons (Fsp3) is 0.292. The fourth-order valence-corrected chi connectivity index (χ4v) is 3.30. The van der Waals surface area contributed by atoms with Crippen LogP contribution < -0.4 is 10.2 Å². The van der Waals surface area contributed by atoms with Gasteiger partial charge in [-0.05, 0) is 50.6 Å². The van der Waals surface area contributed by atoms with E-state index in [-0.39, 0.29) is 18.4 Å². The molecule has 0 fully saturated rings. The quantitative estimate of drug-likeness (QED) is 0.321. The number of benzene rings is 2. The van der Waals surface area contributed by atoms with Crippen LogP contribution in [0.4, 0.5) is 0 Å². The van der Waals surface area contributed by atoms with Crippen molar-refractivity contribution in [3.8, 4) is 5.75 Å². The zero-order valence-corrected chi connectivity index (χ0v) is 18.1. The maximum absolute atomic E-state index is 12.4. The Balaban J connectivity index is 1.76. The largest absolute Gasteiger partial charge is 0.494 e. The van der Waals surface area contributed by atoms with Crippen LogP contribution in [0, 0.1) is 6.92 Å². The molecule has 0 radical (unpaired) electrons. The summed E-state index contributed by atoms with van der Waals surface area (Å²) in [6.45, 7) is 6.83.